The molecule has 0 amide bonds. The summed E-state index contributed by atoms with van der Waals surface area (Å²) in [5.74, 6) is -0.112. The lowest BCUT2D eigenvalue weighted by atomic mass is 10.2. The maximum atomic E-state index is 12.3. The van der Waals surface area contributed by atoms with Gasteiger partial charge in [-0.15, -0.1) is 0 Å². The predicted molar refractivity (Wildman–Crippen MR) is 94.4 cm³/mol. The summed E-state index contributed by atoms with van der Waals surface area (Å²) in [6, 6.07) is 15.7. The van der Waals surface area contributed by atoms with Crippen molar-refractivity contribution in [3.8, 4) is 11.6 Å². The third-order valence-corrected chi connectivity index (χ3v) is 4.18. The van der Waals surface area contributed by atoms with Crippen LogP contribution in [-0.2, 0) is 6.42 Å². The predicted octanol–water partition coefficient (Wildman–Crippen LogP) is 4.96. The summed E-state index contributed by atoms with van der Waals surface area (Å²) < 4.78 is 7.07. The molecule has 0 N–H and O–H groups in total. The molecule has 0 aliphatic rings. The van der Waals surface area contributed by atoms with Crippen molar-refractivity contribution >= 4 is 29.2 Å². The Bertz CT molecular complexity index is 876. The monoisotopic (exact) mass is 360 g/mol. The van der Waals surface area contributed by atoms with Crippen LogP contribution in [0.5, 0.6) is 5.88 Å². The number of hydrogen-bond acceptors (Lipinski definition) is 3. The van der Waals surface area contributed by atoms with Crippen LogP contribution in [0.3, 0.4) is 0 Å². The molecule has 24 heavy (non-hydrogen) atoms. The van der Waals surface area contributed by atoms with Gasteiger partial charge in [-0.05, 0) is 36.8 Å². The highest BCUT2D eigenvalue weighted by Crippen LogP contribution is 2.27. The molecule has 3 aromatic rings. The molecule has 1 aromatic heterocycles. The molecule has 0 aliphatic heterocycles. The van der Waals surface area contributed by atoms with E-state index in [0.717, 1.165) is 5.69 Å². The number of aromatic nitrogens is 2. The molecule has 3 rings (SSSR count). The maximum absolute atomic E-state index is 12.3. The first kappa shape index (κ1) is 16.6. The summed E-state index contributed by atoms with van der Waals surface area (Å²) in [6.45, 7) is 1.98. The van der Waals surface area contributed by atoms with E-state index in [4.69, 9.17) is 27.9 Å². The number of ether oxygens (including phenoxy) is 1. The van der Waals surface area contributed by atoms with Gasteiger partial charge in [-0.2, -0.15) is 5.10 Å². The SMILES string of the molecule is CCc1cc(OC(=O)c2ccccc2)n(-c2ccc(Cl)c(Cl)c2)n1. The van der Waals surface area contributed by atoms with Crippen LogP contribution < -0.4 is 4.74 Å². The summed E-state index contributed by atoms with van der Waals surface area (Å²) in [4.78, 5) is 12.3. The van der Waals surface area contributed by atoms with Crippen LogP contribution in [0.15, 0.2) is 54.6 Å². The van der Waals surface area contributed by atoms with Crippen molar-refractivity contribution in [2.75, 3.05) is 0 Å². The Kier molecular flexibility index (Phi) is 4.88. The smallest absolute Gasteiger partial charge is 0.344 e. The van der Waals surface area contributed by atoms with E-state index in [1.165, 1.54) is 0 Å². The van der Waals surface area contributed by atoms with E-state index in [1.54, 1.807) is 53.2 Å². The fourth-order valence-corrected chi connectivity index (χ4v) is 2.48. The fraction of sp³-hybridized carbons (Fsp3) is 0.111. The van der Waals surface area contributed by atoms with Gasteiger partial charge < -0.3 is 4.74 Å². The van der Waals surface area contributed by atoms with Crippen LogP contribution in [0.2, 0.25) is 10.0 Å². The largest absolute Gasteiger partial charge is 0.404 e. The summed E-state index contributed by atoms with van der Waals surface area (Å²) in [5.41, 5.74) is 1.94. The minimum atomic E-state index is -0.445. The second-order valence-corrected chi connectivity index (χ2v) is 5.91. The van der Waals surface area contributed by atoms with Gasteiger partial charge >= 0.3 is 5.97 Å². The number of aryl methyl sites for hydroxylation is 1. The van der Waals surface area contributed by atoms with Gasteiger partial charge in [0.05, 0.1) is 27.0 Å². The van der Waals surface area contributed by atoms with Gasteiger partial charge in [-0.3, -0.25) is 0 Å². The van der Waals surface area contributed by atoms with Crippen molar-refractivity contribution < 1.29 is 9.53 Å². The molecule has 0 fully saturated rings. The van der Waals surface area contributed by atoms with E-state index in [9.17, 15) is 4.79 Å². The zero-order chi connectivity index (χ0) is 17.1. The minimum absolute atomic E-state index is 0.332. The van der Waals surface area contributed by atoms with Crippen LogP contribution in [0, 0.1) is 0 Å². The first-order chi connectivity index (χ1) is 11.6. The Labute approximate surface area is 149 Å². The van der Waals surface area contributed by atoms with Crippen molar-refractivity contribution in [2.24, 2.45) is 0 Å². The molecule has 0 atom stereocenters. The lowest BCUT2D eigenvalue weighted by Gasteiger charge is -2.08. The Hall–Kier alpha value is -2.30. The summed E-state index contributed by atoms with van der Waals surface area (Å²) in [7, 11) is 0. The van der Waals surface area contributed by atoms with E-state index in [1.807, 2.05) is 13.0 Å². The number of benzene rings is 2. The molecular formula is C18H14Cl2N2O2. The van der Waals surface area contributed by atoms with Gasteiger partial charge in [0.15, 0.2) is 0 Å². The number of hydrogen-bond donors (Lipinski definition) is 0. The zero-order valence-electron chi connectivity index (χ0n) is 12.9. The van der Waals surface area contributed by atoms with Gasteiger partial charge in [0.2, 0.25) is 5.88 Å². The highest BCUT2D eigenvalue weighted by atomic mass is 35.5. The third-order valence-electron chi connectivity index (χ3n) is 3.44. The van der Waals surface area contributed by atoms with Crippen molar-refractivity contribution in [1.29, 1.82) is 0 Å². The topological polar surface area (TPSA) is 44.1 Å². The molecule has 0 aliphatic carbocycles. The van der Waals surface area contributed by atoms with Crippen LogP contribution in [0.4, 0.5) is 0 Å². The molecule has 4 nitrogen and oxygen atoms in total. The normalized spacial score (nSPS) is 10.6. The highest BCUT2D eigenvalue weighted by Gasteiger charge is 2.16. The second kappa shape index (κ2) is 7.07. The van der Waals surface area contributed by atoms with Crippen LogP contribution in [0.1, 0.15) is 23.0 Å². The summed E-state index contributed by atoms with van der Waals surface area (Å²) >= 11 is 12.0. The maximum Gasteiger partial charge on any atom is 0.344 e. The molecule has 1 heterocycles. The summed E-state index contributed by atoms with van der Waals surface area (Å²) in [6.07, 6.45) is 0.713. The quantitative estimate of drug-likeness (QED) is 0.617. The first-order valence-corrected chi connectivity index (χ1v) is 8.15. The zero-order valence-corrected chi connectivity index (χ0v) is 14.4. The van der Waals surface area contributed by atoms with Gasteiger partial charge in [-0.25, -0.2) is 9.48 Å². The van der Waals surface area contributed by atoms with E-state index >= 15 is 0 Å². The first-order valence-electron chi connectivity index (χ1n) is 7.40. The molecule has 6 heteroatoms. The van der Waals surface area contributed by atoms with E-state index in [0.29, 0.717) is 33.6 Å². The van der Waals surface area contributed by atoms with Crippen LogP contribution in [-0.4, -0.2) is 15.7 Å². The van der Waals surface area contributed by atoms with E-state index in [2.05, 4.69) is 5.10 Å². The lowest BCUT2D eigenvalue weighted by molar-refractivity contribution is 0.0723. The van der Waals surface area contributed by atoms with E-state index in [-0.39, 0.29) is 0 Å². The number of nitrogens with zero attached hydrogens (tertiary/aromatic N) is 2. The van der Waals surface area contributed by atoms with Crippen molar-refractivity contribution in [2.45, 2.75) is 13.3 Å². The van der Waals surface area contributed by atoms with Gasteiger partial charge in [-0.1, -0.05) is 48.3 Å². The average molecular weight is 361 g/mol. The molecular weight excluding hydrogens is 347 g/mol. The Balaban J connectivity index is 1.97. The molecule has 0 bridgehead atoms. The highest BCUT2D eigenvalue weighted by molar-refractivity contribution is 6.42. The number of rotatable bonds is 4. The van der Waals surface area contributed by atoms with Gasteiger partial charge in [0.25, 0.3) is 0 Å². The minimum Gasteiger partial charge on any atom is -0.404 e. The molecule has 122 valence electrons. The van der Waals surface area contributed by atoms with Crippen LogP contribution in [0.25, 0.3) is 5.69 Å². The van der Waals surface area contributed by atoms with E-state index < -0.39 is 5.97 Å². The third kappa shape index (κ3) is 3.45. The molecule has 0 saturated heterocycles. The molecule has 0 radical (unpaired) electrons. The summed E-state index contributed by atoms with van der Waals surface area (Å²) in [5, 5.41) is 5.31. The van der Waals surface area contributed by atoms with Crippen molar-refractivity contribution in [3.63, 3.8) is 0 Å². The standard InChI is InChI=1S/C18H14Cl2N2O2/c1-2-13-10-17(24-18(23)12-6-4-3-5-7-12)22(21-13)14-8-9-15(19)16(20)11-14/h3-11H,2H2,1H3. The molecule has 0 unspecified atom stereocenters. The van der Waals surface area contributed by atoms with Crippen molar-refractivity contribution in [1.82, 2.24) is 9.78 Å². The Morgan fingerprint density at radius 1 is 1.08 bits per heavy atom. The number of carbonyl (C=O) groups is 1. The van der Waals surface area contributed by atoms with Crippen LogP contribution >= 0.6 is 23.2 Å². The molecule has 0 spiro atoms. The number of halogens is 2. The van der Waals surface area contributed by atoms with Gasteiger partial charge in [0.1, 0.15) is 0 Å². The van der Waals surface area contributed by atoms with Crippen molar-refractivity contribution in [3.05, 3.63) is 75.9 Å². The number of carbonyl (C=O) groups excluding carboxylic acids is 1. The fourth-order valence-electron chi connectivity index (χ4n) is 2.19. The molecule has 0 saturated carbocycles. The Morgan fingerprint density at radius 3 is 2.50 bits per heavy atom. The lowest BCUT2D eigenvalue weighted by Crippen LogP contribution is -2.11. The average Bonchev–Trinajstić information content (AvgIpc) is 3.01. The second-order valence-electron chi connectivity index (χ2n) is 5.09. The Morgan fingerprint density at radius 2 is 1.83 bits per heavy atom. The van der Waals surface area contributed by atoms with Gasteiger partial charge in [0, 0.05) is 6.07 Å². The number of esters is 1. The molecule has 2 aromatic carbocycles.